The van der Waals surface area contributed by atoms with Crippen molar-refractivity contribution in [2.24, 2.45) is 5.41 Å². The van der Waals surface area contributed by atoms with E-state index in [1.54, 1.807) is 4.90 Å². The molecule has 0 aromatic rings. The lowest BCUT2D eigenvalue weighted by molar-refractivity contribution is -0.137. The highest BCUT2D eigenvalue weighted by Gasteiger charge is 2.19. The Morgan fingerprint density at radius 3 is 2.67 bits per heavy atom. The number of amides is 1. The lowest BCUT2D eigenvalue weighted by atomic mass is 9.84. The Bertz CT molecular complexity index is 402. The molecule has 0 saturated heterocycles. The monoisotopic (exact) mass is 296 g/mol. The van der Waals surface area contributed by atoms with Crippen LogP contribution in [0.25, 0.3) is 0 Å². The Morgan fingerprint density at radius 1 is 1.38 bits per heavy atom. The van der Waals surface area contributed by atoms with Gasteiger partial charge in [-0.1, -0.05) is 19.9 Å². The zero-order valence-electron chi connectivity index (χ0n) is 13.4. The van der Waals surface area contributed by atoms with Crippen molar-refractivity contribution in [2.45, 2.75) is 52.4 Å². The number of hydrogen-bond acceptors (Lipinski definition) is 3. The maximum Gasteiger partial charge on any atom is 0.303 e. The summed E-state index contributed by atoms with van der Waals surface area (Å²) in [5, 5.41) is 11.9. The van der Waals surface area contributed by atoms with Gasteiger partial charge in [-0.25, -0.2) is 0 Å². The fourth-order valence-corrected chi connectivity index (χ4v) is 2.43. The number of carbonyl (C=O) groups is 2. The second-order valence-electron chi connectivity index (χ2n) is 6.53. The van der Waals surface area contributed by atoms with Crippen LogP contribution < -0.4 is 5.32 Å². The zero-order chi connectivity index (χ0) is 15.9. The molecular formula is C16H28N2O3. The van der Waals surface area contributed by atoms with Gasteiger partial charge in [0, 0.05) is 19.2 Å². The first-order valence-electron chi connectivity index (χ1n) is 7.70. The minimum absolute atomic E-state index is 0.0195. The summed E-state index contributed by atoms with van der Waals surface area (Å²) in [7, 11) is 1.83. The molecule has 21 heavy (non-hydrogen) atoms. The first kappa shape index (κ1) is 17.7. The molecule has 1 amide bonds. The van der Waals surface area contributed by atoms with Crippen molar-refractivity contribution in [3.8, 4) is 0 Å². The fraction of sp³-hybridized carbons (Fsp3) is 0.750. The zero-order valence-corrected chi connectivity index (χ0v) is 13.4. The topological polar surface area (TPSA) is 69.6 Å². The summed E-state index contributed by atoms with van der Waals surface area (Å²) < 4.78 is 0. The van der Waals surface area contributed by atoms with E-state index in [1.807, 2.05) is 7.05 Å². The van der Waals surface area contributed by atoms with E-state index in [-0.39, 0.29) is 17.7 Å². The molecule has 0 atom stereocenters. The molecule has 2 N–H and O–H groups in total. The van der Waals surface area contributed by atoms with E-state index in [9.17, 15) is 9.59 Å². The second kappa shape index (κ2) is 8.17. The van der Waals surface area contributed by atoms with Crippen molar-refractivity contribution in [3.05, 3.63) is 11.8 Å². The Hall–Kier alpha value is -1.36. The summed E-state index contributed by atoms with van der Waals surface area (Å²) >= 11 is 0. The van der Waals surface area contributed by atoms with Crippen molar-refractivity contribution >= 4 is 11.9 Å². The Labute approximate surface area is 127 Å². The predicted molar refractivity (Wildman–Crippen MR) is 82.8 cm³/mol. The van der Waals surface area contributed by atoms with Gasteiger partial charge in [0.25, 0.3) is 0 Å². The van der Waals surface area contributed by atoms with Crippen LogP contribution in [0.1, 0.15) is 52.4 Å². The van der Waals surface area contributed by atoms with E-state index in [0.717, 1.165) is 37.9 Å². The van der Waals surface area contributed by atoms with Gasteiger partial charge in [-0.3, -0.25) is 9.59 Å². The molecule has 0 unspecified atom stereocenters. The third kappa shape index (κ3) is 6.76. The third-order valence-corrected chi connectivity index (χ3v) is 4.09. The predicted octanol–water partition coefficient (Wildman–Crippen LogP) is 2.38. The molecule has 0 aromatic carbocycles. The van der Waals surface area contributed by atoms with Crippen LogP contribution in [0.4, 0.5) is 0 Å². The van der Waals surface area contributed by atoms with Gasteiger partial charge in [-0.05, 0) is 44.1 Å². The molecule has 1 rings (SSSR count). The van der Waals surface area contributed by atoms with Gasteiger partial charge in [0.2, 0.25) is 5.91 Å². The first-order chi connectivity index (χ1) is 9.82. The number of hydrogen-bond donors (Lipinski definition) is 2. The summed E-state index contributed by atoms with van der Waals surface area (Å²) in [4.78, 5) is 24.4. The number of allylic oxidation sites excluding steroid dienone is 2. The first-order valence-corrected chi connectivity index (χ1v) is 7.70. The number of carbonyl (C=O) groups excluding carboxylic acids is 1. The van der Waals surface area contributed by atoms with Crippen LogP contribution in [0.15, 0.2) is 11.8 Å². The molecule has 0 bridgehead atoms. The number of aliphatic carboxylic acids is 1. The van der Waals surface area contributed by atoms with E-state index < -0.39 is 5.97 Å². The molecule has 1 aliphatic rings. The molecule has 5 heteroatoms. The van der Waals surface area contributed by atoms with E-state index in [2.05, 4.69) is 25.2 Å². The standard InChI is InChI=1S/C16H28N2O3/c1-16(2,9-8-15(20)21)10-11-17-12-14(19)18(3)13-6-4-5-7-13/h6,17H,4-5,7-12H2,1-3H3,(H,20,21). The Balaban J connectivity index is 2.20. The van der Waals surface area contributed by atoms with Gasteiger partial charge in [0.15, 0.2) is 0 Å². The number of carboxylic acid groups (broad SMARTS) is 1. The largest absolute Gasteiger partial charge is 0.481 e. The molecule has 0 aromatic heterocycles. The number of carboxylic acids is 1. The van der Waals surface area contributed by atoms with E-state index in [0.29, 0.717) is 13.0 Å². The average Bonchev–Trinajstić information content (AvgIpc) is 2.94. The molecule has 1 aliphatic carbocycles. The highest BCUT2D eigenvalue weighted by atomic mass is 16.4. The van der Waals surface area contributed by atoms with Crippen molar-refractivity contribution < 1.29 is 14.7 Å². The Kier molecular flexibility index (Phi) is 6.89. The summed E-state index contributed by atoms with van der Waals surface area (Å²) in [6.07, 6.45) is 7.04. The number of nitrogens with zero attached hydrogens (tertiary/aromatic N) is 1. The van der Waals surface area contributed by atoms with Crippen LogP contribution in [0.5, 0.6) is 0 Å². The summed E-state index contributed by atoms with van der Waals surface area (Å²) in [5.74, 6) is -0.663. The number of rotatable bonds is 9. The van der Waals surface area contributed by atoms with Crippen molar-refractivity contribution in [3.63, 3.8) is 0 Å². The molecule has 0 fully saturated rings. The third-order valence-electron chi connectivity index (χ3n) is 4.09. The van der Waals surface area contributed by atoms with Gasteiger partial charge in [0.1, 0.15) is 0 Å². The van der Waals surface area contributed by atoms with Crippen molar-refractivity contribution in [2.75, 3.05) is 20.1 Å². The quantitative estimate of drug-likeness (QED) is 0.641. The van der Waals surface area contributed by atoms with E-state index in [4.69, 9.17) is 5.11 Å². The average molecular weight is 296 g/mol. The normalized spacial score (nSPS) is 14.9. The van der Waals surface area contributed by atoms with Gasteiger partial charge in [-0.2, -0.15) is 0 Å². The molecule has 0 aliphatic heterocycles. The van der Waals surface area contributed by atoms with Crippen LogP contribution in [0.3, 0.4) is 0 Å². The molecule has 0 spiro atoms. The van der Waals surface area contributed by atoms with Crippen molar-refractivity contribution in [1.29, 1.82) is 0 Å². The maximum atomic E-state index is 12.0. The lowest BCUT2D eigenvalue weighted by Gasteiger charge is -2.24. The minimum atomic E-state index is -0.752. The van der Waals surface area contributed by atoms with Gasteiger partial charge in [-0.15, -0.1) is 0 Å². The second-order valence-corrected chi connectivity index (χ2v) is 6.53. The highest BCUT2D eigenvalue weighted by Crippen LogP contribution is 2.26. The summed E-state index contributed by atoms with van der Waals surface area (Å²) in [5.41, 5.74) is 1.11. The van der Waals surface area contributed by atoms with Crippen LogP contribution in [0.2, 0.25) is 0 Å². The number of nitrogens with one attached hydrogen (secondary N) is 1. The molecule has 5 nitrogen and oxygen atoms in total. The molecular weight excluding hydrogens is 268 g/mol. The smallest absolute Gasteiger partial charge is 0.303 e. The molecule has 0 saturated carbocycles. The van der Waals surface area contributed by atoms with Crippen LogP contribution in [-0.4, -0.2) is 42.0 Å². The highest BCUT2D eigenvalue weighted by molar-refractivity contribution is 5.79. The lowest BCUT2D eigenvalue weighted by Crippen LogP contribution is -2.36. The van der Waals surface area contributed by atoms with E-state index in [1.165, 1.54) is 0 Å². The molecule has 0 heterocycles. The summed E-state index contributed by atoms with van der Waals surface area (Å²) in [6.45, 7) is 5.19. The van der Waals surface area contributed by atoms with Crippen LogP contribution in [-0.2, 0) is 9.59 Å². The molecule has 0 radical (unpaired) electrons. The van der Waals surface area contributed by atoms with Crippen LogP contribution in [0, 0.1) is 5.41 Å². The van der Waals surface area contributed by atoms with Gasteiger partial charge in [0.05, 0.1) is 6.54 Å². The Morgan fingerprint density at radius 2 is 2.10 bits per heavy atom. The van der Waals surface area contributed by atoms with Gasteiger partial charge < -0.3 is 15.3 Å². The van der Waals surface area contributed by atoms with Crippen molar-refractivity contribution in [1.82, 2.24) is 10.2 Å². The van der Waals surface area contributed by atoms with E-state index >= 15 is 0 Å². The summed E-state index contributed by atoms with van der Waals surface area (Å²) in [6, 6.07) is 0. The minimum Gasteiger partial charge on any atom is -0.481 e. The molecule has 120 valence electrons. The fourth-order valence-electron chi connectivity index (χ4n) is 2.43. The SMILES string of the molecule is CN(C(=O)CNCCC(C)(C)CCC(=O)O)C1=CCCC1. The maximum absolute atomic E-state index is 12.0. The van der Waals surface area contributed by atoms with Crippen LogP contribution >= 0.6 is 0 Å². The number of likely N-dealkylation sites (N-methyl/N-ethyl adjacent to an activating group) is 1. The van der Waals surface area contributed by atoms with Gasteiger partial charge >= 0.3 is 5.97 Å².